The van der Waals surface area contributed by atoms with Crippen molar-refractivity contribution in [1.82, 2.24) is 5.43 Å². The number of hydrogen-bond donors (Lipinski definition) is 3. The van der Waals surface area contributed by atoms with Crippen LogP contribution in [-0.2, 0) is 0 Å². The van der Waals surface area contributed by atoms with Crippen molar-refractivity contribution in [2.75, 3.05) is 0 Å². The SMILES string of the molecule is C=C/C(C#CC(C)(C)O)=C\NN. The maximum atomic E-state index is 9.24. The Morgan fingerprint density at radius 2 is 2.25 bits per heavy atom. The molecule has 0 radical (unpaired) electrons. The zero-order valence-electron chi connectivity index (χ0n) is 7.39. The van der Waals surface area contributed by atoms with Crippen molar-refractivity contribution in [3.63, 3.8) is 0 Å². The Kier molecular flexibility index (Phi) is 4.12. The summed E-state index contributed by atoms with van der Waals surface area (Å²) in [6.07, 6.45) is 3.06. The normalized spacial score (nSPS) is 11.5. The summed E-state index contributed by atoms with van der Waals surface area (Å²) in [4.78, 5) is 0. The molecule has 3 nitrogen and oxygen atoms in total. The van der Waals surface area contributed by atoms with Crippen LogP contribution in [-0.4, -0.2) is 10.7 Å². The first-order chi connectivity index (χ1) is 5.49. The first-order valence-electron chi connectivity index (χ1n) is 3.54. The second kappa shape index (κ2) is 4.60. The molecule has 0 amide bonds. The van der Waals surface area contributed by atoms with Crippen molar-refractivity contribution in [2.24, 2.45) is 5.84 Å². The third-order valence-corrected chi connectivity index (χ3v) is 0.971. The van der Waals surface area contributed by atoms with Crippen molar-refractivity contribution in [3.05, 3.63) is 24.4 Å². The predicted octanol–water partition coefficient (Wildman–Crippen LogP) is 0.294. The van der Waals surface area contributed by atoms with Crippen LogP contribution >= 0.6 is 0 Å². The minimum Gasteiger partial charge on any atom is -0.378 e. The van der Waals surface area contributed by atoms with E-state index in [0.29, 0.717) is 5.57 Å². The molecule has 0 aliphatic heterocycles. The third kappa shape index (κ3) is 5.54. The van der Waals surface area contributed by atoms with Gasteiger partial charge in [0.05, 0.1) is 0 Å². The summed E-state index contributed by atoms with van der Waals surface area (Å²) in [7, 11) is 0. The molecule has 4 N–H and O–H groups in total. The predicted molar refractivity (Wildman–Crippen MR) is 49.7 cm³/mol. The molecular formula is C9H14N2O. The number of rotatable bonds is 2. The van der Waals surface area contributed by atoms with Gasteiger partial charge in [-0.3, -0.25) is 5.84 Å². The molecular weight excluding hydrogens is 152 g/mol. The lowest BCUT2D eigenvalue weighted by Gasteiger charge is -2.05. The maximum absolute atomic E-state index is 9.24. The number of aliphatic hydroxyl groups is 1. The Morgan fingerprint density at radius 1 is 1.67 bits per heavy atom. The summed E-state index contributed by atoms with van der Waals surface area (Å²) < 4.78 is 0. The molecule has 0 fully saturated rings. The van der Waals surface area contributed by atoms with Gasteiger partial charge in [-0.2, -0.15) is 0 Å². The molecule has 0 heterocycles. The highest BCUT2D eigenvalue weighted by molar-refractivity contribution is 5.38. The molecule has 3 heteroatoms. The Hall–Kier alpha value is -1.24. The summed E-state index contributed by atoms with van der Waals surface area (Å²) in [5, 5.41) is 9.24. The van der Waals surface area contributed by atoms with E-state index in [1.54, 1.807) is 19.9 Å². The Bertz CT molecular complexity index is 237. The molecule has 0 unspecified atom stereocenters. The molecule has 0 aliphatic rings. The van der Waals surface area contributed by atoms with Crippen LogP contribution in [0.3, 0.4) is 0 Å². The summed E-state index contributed by atoms with van der Waals surface area (Å²) in [5.41, 5.74) is 1.99. The van der Waals surface area contributed by atoms with Gasteiger partial charge in [0.15, 0.2) is 0 Å². The molecule has 0 aliphatic carbocycles. The van der Waals surface area contributed by atoms with Gasteiger partial charge in [-0.05, 0) is 13.8 Å². The monoisotopic (exact) mass is 166 g/mol. The van der Waals surface area contributed by atoms with Gasteiger partial charge in [-0.25, -0.2) is 0 Å². The van der Waals surface area contributed by atoms with Crippen LogP contribution < -0.4 is 11.3 Å². The molecule has 0 aromatic rings. The van der Waals surface area contributed by atoms with Crippen molar-refractivity contribution < 1.29 is 5.11 Å². The van der Waals surface area contributed by atoms with Crippen molar-refractivity contribution in [2.45, 2.75) is 19.4 Å². The van der Waals surface area contributed by atoms with Crippen LogP contribution in [0.5, 0.6) is 0 Å². The smallest absolute Gasteiger partial charge is 0.120 e. The number of nitrogens with two attached hydrogens (primary N) is 1. The van der Waals surface area contributed by atoms with Gasteiger partial charge in [0.2, 0.25) is 0 Å². The maximum Gasteiger partial charge on any atom is 0.120 e. The second-order valence-electron chi connectivity index (χ2n) is 2.78. The molecule has 0 atom stereocenters. The molecule has 0 aromatic carbocycles. The van der Waals surface area contributed by atoms with E-state index in [1.165, 1.54) is 6.20 Å². The number of allylic oxidation sites excluding steroid dienone is 2. The van der Waals surface area contributed by atoms with E-state index >= 15 is 0 Å². The topological polar surface area (TPSA) is 58.3 Å². The highest BCUT2D eigenvalue weighted by Crippen LogP contribution is 1.98. The summed E-state index contributed by atoms with van der Waals surface area (Å²) in [5.74, 6) is 10.4. The van der Waals surface area contributed by atoms with Crippen LogP contribution in [0.4, 0.5) is 0 Å². The van der Waals surface area contributed by atoms with Crippen LogP contribution in [0.2, 0.25) is 0 Å². The van der Waals surface area contributed by atoms with E-state index in [1.807, 2.05) is 0 Å². The summed E-state index contributed by atoms with van der Waals surface area (Å²) >= 11 is 0. The number of hydrogen-bond acceptors (Lipinski definition) is 3. The van der Waals surface area contributed by atoms with Gasteiger partial charge in [-0.1, -0.05) is 24.5 Å². The second-order valence-corrected chi connectivity index (χ2v) is 2.78. The van der Waals surface area contributed by atoms with E-state index in [4.69, 9.17) is 5.84 Å². The number of hydrazine groups is 1. The molecule has 0 aromatic heterocycles. The van der Waals surface area contributed by atoms with E-state index in [9.17, 15) is 5.11 Å². The lowest BCUT2D eigenvalue weighted by molar-refractivity contribution is 0.143. The third-order valence-electron chi connectivity index (χ3n) is 0.971. The van der Waals surface area contributed by atoms with E-state index in [2.05, 4.69) is 23.8 Å². The first-order valence-corrected chi connectivity index (χ1v) is 3.54. The zero-order chi connectivity index (χ0) is 9.61. The average Bonchev–Trinajstić information content (AvgIpc) is 1.96. The standard InChI is InChI=1S/C9H14N2O/c1-4-8(7-11-10)5-6-9(2,3)12/h4,7,11-12H,1,10H2,2-3H3/b8-7+. The lowest BCUT2D eigenvalue weighted by Crippen LogP contribution is -2.15. The quantitative estimate of drug-likeness (QED) is 0.239. The van der Waals surface area contributed by atoms with E-state index in [0.717, 1.165) is 0 Å². The molecule has 0 bridgehead atoms. The summed E-state index contributed by atoms with van der Waals surface area (Å²) in [6.45, 7) is 6.75. The highest BCUT2D eigenvalue weighted by atomic mass is 16.3. The van der Waals surface area contributed by atoms with Gasteiger partial charge in [-0.15, -0.1) is 0 Å². The van der Waals surface area contributed by atoms with Gasteiger partial charge in [0.25, 0.3) is 0 Å². The fourth-order valence-electron chi connectivity index (χ4n) is 0.461. The van der Waals surface area contributed by atoms with Crippen molar-refractivity contribution in [3.8, 4) is 11.8 Å². The van der Waals surface area contributed by atoms with Crippen LogP contribution in [0.25, 0.3) is 0 Å². The fourth-order valence-corrected chi connectivity index (χ4v) is 0.461. The Balaban J connectivity index is 4.46. The van der Waals surface area contributed by atoms with Gasteiger partial charge >= 0.3 is 0 Å². The molecule has 0 saturated carbocycles. The molecule has 0 spiro atoms. The molecule has 0 rings (SSSR count). The van der Waals surface area contributed by atoms with Gasteiger partial charge in [0, 0.05) is 11.8 Å². The fraction of sp³-hybridized carbons (Fsp3) is 0.333. The van der Waals surface area contributed by atoms with Crippen LogP contribution in [0.1, 0.15) is 13.8 Å². The summed E-state index contributed by atoms with van der Waals surface area (Å²) in [6, 6.07) is 0. The largest absolute Gasteiger partial charge is 0.378 e. The average molecular weight is 166 g/mol. The van der Waals surface area contributed by atoms with E-state index in [-0.39, 0.29) is 0 Å². The molecule has 0 saturated heterocycles. The van der Waals surface area contributed by atoms with Crippen LogP contribution in [0, 0.1) is 11.8 Å². The van der Waals surface area contributed by atoms with Gasteiger partial charge < -0.3 is 10.5 Å². The highest BCUT2D eigenvalue weighted by Gasteiger charge is 2.05. The minimum atomic E-state index is -0.989. The van der Waals surface area contributed by atoms with Gasteiger partial charge in [0.1, 0.15) is 5.60 Å². The lowest BCUT2D eigenvalue weighted by atomic mass is 10.1. The van der Waals surface area contributed by atoms with Crippen molar-refractivity contribution in [1.29, 1.82) is 0 Å². The Morgan fingerprint density at radius 3 is 2.58 bits per heavy atom. The minimum absolute atomic E-state index is 0.639. The molecule has 66 valence electrons. The zero-order valence-corrected chi connectivity index (χ0v) is 7.39. The first kappa shape index (κ1) is 10.8. The van der Waals surface area contributed by atoms with Crippen LogP contribution in [0.15, 0.2) is 24.4 Å². The van der Waals surface area contributed by atoms with E-state index < -0.39 is 5.60 Å². The number of nitrogens with one attached hydrogen (secondary N) is 1. The Labute approximate surface area is 72.9 Å². The molecule has 12 heavy (non-hydrogen) atoms. The van der Waals surface area contributed by atoms with Crippen molar-refractivity contribution >= 4 is 0 Å².